The highest BCUT2D eigenvalue weighted by atomic mass is 35.5. The first-order chi connectivity index (χ1) is 18.9. The Morgan fingerprint density at radius 2 is 1.92 bits per heavy atom. The van der Waals surface area contributed by atoms with Crippen molar-refractivity contribution in [1.82, 2.24) is 34.7 Å². The Bertz CT molecular complexity index is 1810. The van der Waals surface area contributed by atoms with Gasteiger partial charge in [0.1, 0.15) is 12.2 Å². The summed E-state index contributed by atoms with van der Waals surface area (Å²) in [5, 5.41) is 15.0. The van der Waals surface area contributed by atoms with E-state index in [1.54, 1.807) is 16.8 Å². The number of aromatic amines is 1. The quantitative estimate of drug-likeness (QED) is 0.353. The number of pyridine rings is 1. The number of fused-ring (bicyclic) bond motifs is 2. The van der Waals surface area contributed by atoms with E-state index in [2.05, 4.69) is 38.8 Å². The summed E-state index contributed by atoms with van der Waals surface area (Å²) in [5.41, 5.74) is 6.92. The van der Waals surface area contributed by atoms with Crippen molar-refractivity contribution < 1.29 is 4.79 Å². The fraction of sp³-hybridized carbons (Fsp3) is 0.214. The molecule has 5 heterocycles. The number of halogens is 1. The van der Waals surface area contributed by atoms with Crippen LogP contribution in [0.4, 0.5) is 5.69 Å². The SMILES string of the molecule is C[C@H]1Cc2cc(-c3cc(Cl)ccc3-n3cnnn3)cc(=O)n2[C@@H]1c1ncc(-c2ccc3c(c2)CCC(=O)N3)[nH]1. The maximum atomic E-state index is 13.6. The van der Waals surface area contributed by atoms with Gasteiger partial charge in [-0.1, -0.05) is 24.6 Å². The van der Waals surface area contributed by atoms with E-state index in [-0.39, 0.29) is 23.4 Å². The Kier molecular flexibility index (Phi) is 5.44. The average molecular weight is 539 g/mol. The molecular weight excluding hydrogens is 516 g/mol. The number of anilines is 1. The number of amides is 1. The lowest BCUT2D eigenvalue weighted by Gasteiger charge is -2.18. The molecule has 2 aromatic carbocycles. The maximum absolute atomic E-state index is 13.6. The normalized spacial score (nSPS) is 18.1. The third kappa shape index (κ3) is 4.04. The van der Waals surface area contributed by atoms with Gasteiger partial charge in [0, 0.05) is 34.5 Å². The van der Waals surface area contributed by atoms with Gasteiger partial charge in [0.15, 0.2) is 0 Å². The molecule has 39 heavy (non-hydrogen) atoms. The molecule has 7 rings (SSSR count). The van der Waals surface area contributed by atoms with Gasteiger partial charge in [-0.25, -0.2) is 4.98 Å². The van der Waals surface area contributed by atoms with Crippen LogP contribution in [-0.2, 0) is 17.6 Å². The average Bonchev–Trinajstić information content (AvgIpc) is 3.68. The zero-order valence-electron chi connectivity index (χ0n) is 20.9. The second-order valence-electron chi connectivity index (χ2n) is 10.1. The highest BCUT2D eigenvalue weighted by molar-refractivity contribution is 6.31. The lowest BCUT2D eigenvalue weighted by Crippen LogP contribution is -2.25. The van der Waals surface area contributed by atoms with E-state index in [1.807, 2.05) is 41.1 Å². The largest absolute Gasteiger partial charge is 0.340 e. The third-order valence-electron chi connectivity index (χ3n) is 7.55. The first kappa shape index (κ1) is 23.5. The summed E-state index contributed by atoms with van der Waals surface area (Å²) in [6.45, 7) is 2.13. The lowest BCUT2D eigenvalue weighted by atomic mass is 9.99. The number of nitrogens with one attached hydrogen (secondary N) is 2. The van der Waals surface area contributed by atoms with Crippen LogP contribution >= 0.6 is 11.6 Å². The van der Waals surface area contributed by atoms with Crippen molar-refractivity contribution in [3.63, 3.8) is 0 Å². The number of nitrogens with zero attached hydrogens (tertiary/aromatic N) is 6. The van der Waals surface area contributed by atoms with Crippen LogP contribution in [0, 0.1) is 5.92 Å². The van der Waals surface area contributed by atoms with Crippen LogP contribution in [0.3, 0.4) is 0 Å². The fourth-order valence-electron chi connectivity index (χ4n) is 5.75. The first-order valence-electron chi connectivity index (χ1n) is 12.7. The van der Waals surface area contributed by atoms with Crippen molar-refractivity contribution in [2.24, 2.45) is 5.92 Å². The molecule has 0 saturated carbocycles. The Morgan fingerprint density at radius 1 is 1.03 bits per heavy atom. The Morgan fingerprint density at radius 3 is 2.77 bits per heavy atom. The molecule has 5 aromatic rings. The zero-order chi connectivity index (χ0) is 26.7. The van der Waals surface area contributed by atoms with E-state index in [0.29, 0.717) is 17.9 Å². The number of hydrogen-bond donors (Lipinski definition) is 2. The number of aromatic nitrogens is 7. The Labute approximate surface area is 227 Å². The van der Waals surface area contributed by atoms with Crippen LogP contribution in [0.25, 0.3) is 28.1 Å². The number of benzene rings is 2. The number of imidazole rings is 1. The summed E-state index contributed by atoms with van der Waals surface area (Å²) >= 11 is 6.33. The van der Waals surface area contributed by atoms with E-state index in [4.69, 9.17) is 16.6 Å². The molecule has 11 heteroatoms. The van der Waals surface area contributed by atoms with E-state index in [1.165, 1.54) is 6.33 Å². The molecule has 0 unspecified atom stereocenters. The van der Waals surface area contributed by atoms with Crippen molar-refractivity contribution in [2.45, 2.75) is 32.2 Å². The van der Waals surface area contributed by atoms with Crippen molar-refractivity contribution in [3.8, 4) is 28.1 Å². The Balaban J connectivity index is 1.25. The summed E-state index contributed by atoms with van der Waals surface area (Å²) in [6, 6.07) is 14.9. The molecule has 0 bridgehead atoms. The Hall–Kier alpha value is -4.57. The molecule has 0 spiro atoms. The molecule has 2 N–H and O–H groups in total. The van der Waals surface area contributed by atoms with E-state index >= 15 is 0 Å². The van der Waals surface area contributed by atoms with Crippen LogP contribution < -0.4 is 10.9 Å². The number of aryl methyl sites for hydroxylation is 1. The number of H-pyrrole nitrogens is 1. The number of tetrazole rings is 1. The van der Waals surface area contributed by atoms with Crippen LogP contribution in [0.5, 0.6) is 0 Å². The van der Waals surface area contributed by atoms with Crippen LogP contribution in [0.1, 0.15) is 36.5 Å². The highest BCUT2D eigenvalue weighted by Gasteiger charge is 2.34. The molecule has 194 valence electrons. The first-order valence-corrected chi connectivity index (χ1v) is 13.1. The van der Waals surface area contributed by atoms with Gasteiger partial charge in [0.05, 0.1) is 23.6 Å². The molecule has 0 aliphatic carbocycles. The van der Waals surface area contributed by atoms with Gasteiger partial charge in [0.2, 0.25) is 5.91 Å². The summed E-state index contributed by atoms with van der Waals surface area (Å²) in [4.78, 5) is 33.5. The van der Waals surface area contributed by atoms with E-state index in [0.717, 1.165) is 57.3 Å². The van der Waals surface area contributed by atoms with Crippen molar-refractivity contribution in [3.05, 3.63) is 93.5 Å². The lowest BCUT2D eigenvalue weighted by molar-refractivity contribution is -0.116. The summed E-state index contributed by atoms with van der Waals surface area (Å²) in [5.74, 6) is 0.946. The second-order valence-corrected chi connectivity index (χ2v) is 10.5. The third-order valence-corrected chi connectivity index (χ3v) is 7.78. The van der Waals surface area contributed by atoms with Crippen molar-refractivity contribution in [1.29, 1.82) is 0 Å². The molecule has 1 amide bonds. The number of hydrogen-bond acceptors (Lipinski definition) is 6. The van der Waals surface area contributed by atoms with Gasteiger partial charge in [-0.3, -0.25) is 9.59 Å². The van der Waals surface area contributed by atoms with Crippen molar-refractivity contribution in [2.75, 3.05) is 5.32 Å². The van der Waals surface area contributed by atoms with Gasteiger partial charge in [-0.2, -0.15) is 4.68 Å². The molecule has 3 aromatic heterocycles. The van der Waals surface area contributed by atoms with Crippen LogP contribution in [0.15, 0.2) is 65.8 Å². The molecule has 0 radical (unpaired) electrons. The molecule has 2 aliphatic heterocycles. The van der Waals surface area contributed by atoms with Crippen molar-refractivity contribution >= 4 is 23.2 Å². The number of carbonyl (C=O) groups excluding carboxylic acids is 1. The minimum atomic E-state index is -0.217. The smallest absolute Gasteiger partial charge is 0.252 e. The van der Waals surface area contributed by atoms with Gasteiger partial charge < -0.3 is 14.9 Å². The molecular formula is C28H23ClN8O2. The molecule has 2 aliphatic rings. The second kappa shape index (κ2) is 9.02. The standard InChI is InChI=1S/C28H23ClN8O2/c1-15-8-20-10-18(21-12-19(29)4-6-24(21)36-14-31-34-35-36)11-26(39)37(20)27(15)28-30-13-23(33-28)17-2-5-22-16(9-17)3-7-25(38)32-22/h2,4-6,9-15,27H,3,7-8H2,1H3,(H,30,33)(H,32,38)/t15-,27-/m0/s1. The van der Waals surface area contributed by atoms with E-state index in [9.17, 15) is 9.59 Å². The van der Waals surface area contributed by atoms with Gasteiger partial charge in [-0.05, 0) is 82.3 Å². The van der Waals surface area contributed by atoms with Gasteiger partial charge in [-0.15, -0.1) is 5.10 Å². The molecule has 0 fully saturated rings. The minimum Gasteiger partial charge on any atom is -0.340 e. The van der Waals surface area contributed by atoms with Crippen LogP contribution in [-0.4, -0.2) is 40.6 Å². The fourth-order valence-corrected chi connectivity index (χ4v) is 5.92. The van der Waals surface area contributed by atoms with Gasteiger partial charge in [0.25, 0.3) is 5.56 Å². The summed E-state index contributed by atoms with van der Waals surface area (Å²) in [6.07, 6.45) is 5.25. The monoisotopic (exact) mass is 538 g/mol. The predicted octanol–water partition coefficient (Wildman–Crippen LogP) is 4.20. The maximum Gasteiger partial charge on any atom is 0.252 e. The molecule has 2 atom stereocenters. The molecule has 10 nitrogen and oxygen atoms in total. The number of carbonyl (C=O) groups is 1. The molecule has 0 saturated heterocycles. The van der Waals surface area contributed by atoms with E-state index < -0.39 is 0 Å². The summed E-state index contributed by atoms with van der Waals surface area (Å²) < 4.78 is 3.39. The number of rotatable bonds is 4. The highest BCUT2D eigenvalue weighted by Crippen LogP contribution is 2.37. The summed E-state index contributed by atoms with van der Waals surface area (Å²) in [7, 11) is 0. The van der Waals surface area contributed by atoms with Gasteiger partial charge >= 0.3 is 0 Å². The predicted molar refractivity (Wildman–Crippen MR) is 146 cm³/mol. The minimum absolute atomic E-state index is 0.0450. The topological polar surface area (TPSA) is 123 Å². The zero-order valence-corrected chi connectivity index (χ0v) is 21.7. The van der Waals surface area contributed by atoms with Crippen LogP contribution in [0.2, 0.25) is 5.02 Å².